The Bertz CT molecular complexity index is 551. The first-order valence-corrected chi connectivity index (χ1v) is 5.14. The van der Waals surface area contributed by atoms with E-state index in [4.69, 9.17) is 5.73 Å². The third-order valence-electron chi connectivity index (χ3n) is 2.43. The molecule has 0 bridgehead atoms. The summed E-state index contributed by atoms with van der Waals surface area (Å²) in [6, 6.07) is 3.17. The van der Waals surface area contributed by atoms with Gasteiger partial charge in [-0.15, -0.1) is 0 Å². The third kappa shape index (κ3) is 2.42. The van der Waals surface area contributed by atoms with Crippen LogP contribution in [0.4, 0.5) is 11.4 Å². The van der Waals surface area contributed by atoms with E-state index in [1.807, 2.05) is 6.92 Å². The normalized spacial score (nSPS) is 14.2. The number of ketones is 1. The monoisotopic (exact) mass is 228 g/mol. The van der Waals surface area contributed by atoms with E-state index in [9.17, 15) is 9.90 Å². The lowest BCUT2D eigenvalue weighted by atomic mass is 10.1. The van der Waals surface area contributed by atoms with Crippen LogP contribution in [0.15, 0.2) is 41.4 Å². The zero-order valence-corrected chi connectivity index (χ0v) is 9.34. The minimum absolute atomic E-state index is 0.0501. The maximum Gasteiger partial charge on any atom is 0.178 e. The quantitative estimate of drug-likeness (QED) is 0.439. The van der Waals surface area contributed by atoms with E-state index >= 15 is 0 Å². The Morgan fingerprint density at radius 2 is 1.82 bits per heavy atom. The summed E-state index contributed by atoms with van der Waals surface area (Å²) in [4.78, 5) is 15.3. The van der Waals surface area contributed by atoms with E-state index in [0.29, 0.717) is 11.4 Å². The van der Waals surface area contributed by atoms with Gasteiger partial charge < -0.3 is 10.8 Å². The van der Waals surface area contributed by atoms with Crippen molar-refractivity contribution in [2.75, 3.05) is 5.73 Å². The van der Waals surface area contributed by atoms with Crippen molar-refractivity contribution in [3.05, 3.63) is 42.0 Å². The lowest BCUT2D eigenvalue weighted by Gasteiger charge is -2.06. The van der Waals surface area contributed by atoms with Gasteiger partial charge in [-0.05, 0) is 48.9 Å². The smallest absolute Gasteiger partial charge is 0.178 e. The predicted molar refractivity (Wildman–Crippen MR) is 67.6 cm³/mol. The summed E-state index contributed by atoms with van der Waals surface area (Å²) in [6.45, 7) is 1.83. The molecule has 1 aliphatic carbocycles. The lowest BCUT2D eigenvalue weighted by Crippen LogP contribution is -1.98. The number of nitrogens with zero attached hydrogens (tertiary/aromatic N) is 1. The summed E-state index contributed by atoms with van der Waals surface area (Å²) in [7, 11) is 0. The summed E-state index contributed by atoms with van der Waals surface area (Å²) < 4.78 is 0. The summed E-state index contributed by atoms with van der Waals surface area (Å²) in [5.41, 5.74) is 8.07. The zero-order valence-electron chi connectivity index (χ0n) is 9.34. The van der Waals surface area contributed by atoms with Crippen molar-refractivity contribution >= 4 is 22.9 Å². The highest BCUT2D eigenvalue weighted by molar-refractivity contribution is 6.17. The van der Waals surface area contributed by atoms with Crippen LogP contribution in [-0.4, -0.2) is 16.6 Å². The molecule has 0 aromatic heterocycles. The molecule has 2 rings (SSSR count). The number of aromatic hydroxyl groups is 1. The molecule has 0 saturated heterocycles. The average Bonchev–Trinajstić information content (AvgIpc) is 2.29. The van der Waals surface area contributed by atoms with Crippen molar-refractivity contribution in [2.45, 2.75) is 6.92 Å². The fourth-order valence-corrected chi connectivity index (χ4v) is 1.48. The number of aliphatic imine (C=N–C) groups is 1. The molecular formula is C13H12N2O2. The standard InChI is InChI=1S/C13H12N2O2/c1-8-6-13(17)11(14)7-12(8)15-9-2-4-10(16)5-3-9/h2-7,17H,14H2,1H3. The molecule has 0 spiro atoms. The van der Waals surface area contributed by atoms with Gasteiger partial charge in [0.05, 0.1) is 17.1 Å². The first-order chi connectivity index (χ1) is 8.06. The molecule has 0 fully saturated rings. The van der Waals surface area contributed by atoms with Crippen molar-refractivity contribution in [1.29, 1.82) is 0 Å². The van der Waals surface area contributed by atoms with Crippen molar-refractivity contribution in [1.82, 2.24) is 0 Å². The van der Waals surface area contributed by atoms with Gasteiger partial charge in [-0.3, -0.25) is 4.79 Å². The summed E-state index contributed by atoms with van der Waals surface area (Å²) >= 11 is 0. The molecule has 0 amide bonds. The van der Waals surface area contributed by atoms with Crippen LogP contribution in [0.5, 0.6) is 5.75 Å². The van der Waals surface area contributed by atoms with E-state index < -0.39 is 0 Å². The van der Waals surface area contributed by atoms with Gasteiger partial charge >= 0.3 is 0 Å². The van der Waals surface area contributed by atoms with Gasteiger partial charge in [0, 0.05) is 0 Å². The Morgan fingerprint density at radius 1 is 1.18 bits per heavy atom. The molecule has 0 radical (unpaired) electrons. The van der Waals surface area contributed by atoms with Crippen LogP contribution >= 0.6 is 0 Å². The number of carbonyl (C=O) groups excluding carboxylic acids is 1. The molecule has 86 valence electrons. The number of phenols is 1. The maximum atomic E-state index is 10.9. The molecule has 17 heavy (non-hydrogen) atoms. The molecular weight excluding hydrogens is 216 g/mol. The second kappa shape index (κ2) is 4.25. The number of carbonyl (C=O) groups is 1. The first kappa shape index (κ1) is 11.1. The van der Waals surface area contributed by atoms with Gasteiger partial charge in [-0.25, -0.2) is 4.99 Å². The molecule has 4 nitrogen and oxygen atoms in total. The molecule has 0 saturated carbocycles. The highest BCUT2D eigenvalue weighted by Crippen LogP contribution is 2.29. The van der Waals surface area contributed by atoms with Gasteiger partial charge in [-0.2, -0.15) is 0 Å². The van der Waals surface area contributed by atoms with Crippen LogP contribution in [0, 0.1) is 6.92 Å². The van der Waals surface area contributed by atoms with Gasteiger partial charge in [0.15, 0.2) is 5.78 Å². The van der Waals surface area contributed by atoms with Crippen LogP contribution < -0.4 is 5.73 Å². The second-order valence-corrected chi connectivity index (χ2v) is 3.80. The molecule has 0 unspecified atom stereocenters. The van der Waals surface area contributed by atoms with Gasteiger partial charge in [0.25, 0.3) is 0 Å². The number of nitrogens with two attached hydrogens (primary N) is 1. The molecule has 3 N–H and O–H groups in total. The number of anilines is 1. The first-order valence-electron chi connectivity index (χ1n) is 5.14. The Morgan fingerprint density at radius 3 is 2.47 bits per heavy atom. The fourth-order valence-electron chi connectivity index (χ4n) is 1.48. The molecule has 1 aliphatic rings. The zero-order chi connectivity index (χ0) is 12.4. The van der Waals surface area contributed by atoms with E-state index in [0.717, 1.165) is 5.56 Å². The Labute approximate surface area is 98.8 Å². The van der Waals surface area contributed by atoms with Crippen LogP contribution in [0.25, 0.3) is 0 Å². The van der Waals surface area contributed by atoms with Crippen molar-refractivity contribution in [2.24, 2.45) is 4.99 Å². The van der Waals surface area contributed by atoms with Crippen LogP contribution in [0.1, 0.15) is 5.56 Å². The Hall–Kier alpha value is -2.36. The Balaban J connectivity index is 2.40. The SMILES string of the molecule is Cc1cc(O)c(N)cc1N=C1C=CC(=O)C=C1. The third-order valence-corrected chi connectivity index (χ3v) is 2.43. The molecule has 4 heteroatoms. The van der Waals surface area contributed by atoms with Gasteiger partial charge in [-0.1, -0.05) is 0 Å². The molecule has 0 heterocycles. The fraction of sp³-hybridized carbons (Fsp3) is 0.0769. The van der Waals surface area contributed by atoms with E-state index in [2.05, 4.69) is 4.99 Å². The summed E-state index contributed by atoms with van der Waals surface area (Å²) in [6.07, 6.45) is 6.20. The largest absolute Gasteiger partial charge is 0.506 e. The van der Waals surface area contributed by atoms with E-state index in [1.54, 1.807) is 24.3 Å². The van der Waals surface area contributed by atoms with Crippen molar-refractivity contribution in [3.8, 4) is 5.75 Å². The van der Waals surface area contributed by atoms with Crippen LogP contribution in [-0.2, 0) is 4.79 Å². The minimum atomic E-state index is -0.0501. The lowest BCUT2D eigenvalue weighted by molar-refractivity contribution is -0.110. The molecule has 1 aromatic rings. The number of allylic oxidation sites excluding steroid dienone is 4. The minimum Gasteiger partial charge on any atom is -0.506 e. The highest BCUT2D eigenvalue weighted by atomic mass is 16.3. The van der Waals surface area contributed by atoms with Crippen LogP contribution in [0.3, 0.4) is 0 Å². The molecule has 0 aliphatic heterocycles. The Kier molecular flexibility index (Phi) is 2.78. The topological polar surface area (TPSA) is 75.7 Å². The number of nitrogen functional groups attached to an aromatic ring is 1. The number of phenolic OH excluding ortho intramolecular Hbond substituents is 1. The number of rotatable bonds is 1. The molecule has 0 atom stereocenters. The number of hydrogen-bond donors (Lipinski definition) is 2. The van der Waals surface area contributed by atoms with E-state index in [-0.39, 0.29) is 17.2 Å². The van der Waals surface area contributed by atoms with Crippen molar-refractivity contribution in [3.63, 3.8) is 0 Å². The summed E-state index contributed by atoms with van der Waals surface area (Å²) in [5.74, 6) is 0.00208. The predicted octanol–water partition coefficient (Wildman–Crippen LogP) is 2.05. The van der Waals surface area contributed by atoms with Crippen molar-refractivity contribution < 1.29 is 9.90 Å². The van der Waals surface area contributed by atoms with E-state index in [1.165, 1.54) is 12.2 Å². The number of hydrogen-bond acceptors (Lipinski definition) is 4. The highest BCUT2D eigenvalue weighted by Gasteiger charge is 2.05. The second-order valence-electron chi connectivity index (χ2n) is 3.80. The summed E-state index contributed by atoms with van der Waals surface area (Å²) in [5, 5.41) is 9.42. The van der Waals surface area contributed by atoms with Crippen LogP contribution in [0.2, 0.25) is 0 Å². The maximum absolute atomic E-state index is 10.9. The van der Waals surface area contributed by atoms with Gasteiger partial charge in [0.1, 0.15) is 5.75 Å². The average molecular weight is 228 g/mol. The number of aryl methyl sites for hydroxylation is 1. The number of benzene rings is 1. The molecule has 1 aromatic carbocycles. The van der Waals surface area contributed by atoms with Gasteiger partial charge in [0.2, 0.25) is 0 Å².